The number of rotatable bonds is 8. The van der Waals surface area contributed by atoms with Gasteiger partial charge in [-0.25, -0.2) is 0 Å². The molecule has 0 radical (unpaired) electrons. The van der Waals surface area contributed by atoms with Crippen LogP contribution in [-0.4, -0.2) is 47.4 Å². The Bertz CT molecular complexity index is 141. The molecule has 0 aliphatic heterocycles. The number of nitrogens with zero attached hydrogens (tertiary/aromatic N) is 1. The lowest BCUT2D eigenvalue weighted by Gasteiger charge is -2.18. The van der Waals surface area contributed by atoms with Crippen LogP contribution in [0.15, 0.2) is 0 Å². The van der Waals surface area contributed by atoms with Gasteiger partial charge in [-0.1, -0.05) is 0 Å². The van der Waals surface area contributed by atoms with Crippen molar-refractivity contribution in [1.29, 1.82) is 0 Å². The van der Waals surface area contributed by atoms with Crippen molar-refractivity contribution >= 4 is 41.6 Å². The van der Waals surface area contributed by atoms with E-state index in [4.69, 9.17) is 28.3 Å². The Morgan fingerprint density at radius 3 is 2.00 bits per heavy atom. The summed E-state index contributed by atoms with van der Waals surface area (Å²) in [6, 6.07) is 0. The highest BCUT2D eigenvalue weighted by atomic mass is 35.5. The van der Waals surface area contributed by atoms with Gasteiger partial charge in [0.2, 0.25) is 0 Å². The number of carboxylic acids is 1. The van der Waals surface area contributed by atoms with Gasteiger partial charge in [0.25, 0.3) is 0 Å². The minimum absolute atomic E-state index is 0. The van der Waals surface area contributed by atoms with Gasteiger partial charge in [0.1, 0.15) is 0 Å². The van der Waals surface area contributed by atoms with Crippen LogP contribution in [0, 0.1) is 0 Å². The Balaban J connectivity index is 0. The minimum Gasteiger partial charge on any atom is -0.481 e. The number of carbonyl (C=O) groups is 1. The van der Waals surface area contributed by atoms with Crippen LogP contribution in [0.4, 0.5) is 0 Å². The Labute approximate surface area is 101 Å². The predicted molar refractivity (Wildman–Crippen MR) is 62.0 cm³/mol. The van der Waals surface area contributed by atoms with Gasteiger partial charge in [-0.05, 0) is 13.0 Å². The summed E-state index contributed by atoms with van der Waals surface area (Å²) in [5.74, 6) is 0.366. The first-order valence-corrected chi connectivity index (χ1v) is 5.33. The summed E-state index contributed by atoms with van der Waals surface area (Å²) in [7, 11) is 0. The fourth-order valence-electron chi connectivity index (χ4n) is 1.03. The number of aliphatic carboxylic acids is 1. The molecule has 0 aromatic carbocycles. The van der Waals surface area contributed by atoms with E-state index in [1.807, 2.05) is 0 Å². The van der Waals surface area contributed by atoms with Crippen molar-refractivity contribution in [2.45, 2.75) is 12.8 Å². The molecular formula is C8H16Cl3NO2. The summed E-state index contributed by atoms with van der Waals surface area (Å²) < 4.78 is 0. The fraction of sp³-hybridized carbons (Fsp3) is 0.875. The molecule has 0 heterocycles. The summed E-state index contributed by atoms with van der Waals surface area (Å²) >= 11 is 11.1. The predicted octanol–water partition coefficient (Wildman–Crippen LogP) is 2.05. The van der Waals surface area contributed by atoms with E-state index in [1.165, 1.54) is 0 Å². The first kappa shape index (κ1) is 16.7. The molecular weight excluding hydrogens is 248 g/mol. The molecule has 0 spiro atoms. The molecule has 0 aromatic heterocycles. The first-order chi connectivity index (χ1) is 6.20. The van der Waals surface area contributed by atoms with Crippen LogP contribution in [0.5, 0.6) is 0 Å². The lowest BCUT2D eigenvalue weighted by atomic mass is 10.3. The van der Waals surface area contributed by atoms with Gasteiger partial charge in [0.05, 0.1) is 0 Å². The van der Waals surface area contributed by atoms with Crippen molar-refractivity contribution in [3.05, 3.63) is 0 Å². The molecule has 0 aliphatic rings. The maximum absolute atomic E-state index is 10.2. The highest BCUT2D eigenvalue weighted by molar-refractivity contribution is 6.18. The van der Waals surface area contributed by atoms with E-state index in [0.717, 1.165) is 19.6 Å². The van der Waals surface area contributed by atoms with Crippen LogP contribution in [0.1, 0.15) is 12.8 Å². The van der Waals surface area contributed by atoms with Gasteiger partial charge in [0.15, 0.2) is 0 Å². The Morgan fingerprint density at radius 2 is 1.64 bits per heavy atom. The summed E-state index contributed by atoms with van der Waals surface area (Å²) in [5.41, 5.74) is 0. The third-order valence-corrected chi connectivity index (χ3v) is 2.00. The third kappa shape index (κ3) is 10.4. The number of hydrogen-bond acceptors (Lipinski definition) is 2. The molecule has 0 rings (SSSR count). The zero-order valence-electron chi connectivity index (χ0n) is 7.92. The molecule has 0 unspecified atom stereocenters. The summed E-state index contributed by atoms with van der Waals surface area (Å²) in [5, 5.41) is 8.42. The van der Waals surface area contributed by atoms with Crippen molar-refractivity contribution in [2.24, 2.45) is 0 Å². The van der Waals surface area contributed by atoms with E-state index < -0.39 is 5.97 Å². The van der Waals surface area contributed by atoms with Crippen molar-refractivity contribution in [2.75, 3.05) is 31.4 Å². The smallest absolute Gasteiger partial charge is 0.303 e. The van der Waals surface area contributed by atoms with Crippen molar-refractivity contribution in [1.82, 2.24) is 4.90 Å². The average molecular weight is 265 g/mol. The number of alkyl halides is 2. The number of halogens is 3. The molecule has 3 nitrogen and oxygen atoms in total. The van der Waals surface area contributed by atoms with Crippen LogP contribution < -0.4 is 0 Å². The maximum Gasteiger partial charge on any atom is 0.303 e. The Hall–Kier alpha value is 0.300. The molecule has 0 saturated carbocycles. The fourth-order valence-corrected chi connectivity index (χ4v) is 1.51. The highest BCUT2D eigenvalue weighted by Gasteiger charge is 2.04. The highest BCUT2D eigenvalue weighted by Crippen LogP contribution is 1.97. The van der Waals surface area contributed by atoms with E-state index in [9.17, 15) is 4.79 Å². The zero-order valence-corrected chi connectivity index (χ0v) is 10.2. The SMILES string of the molecule is Cl.O=C(O)CCCN(CCCl)CCCl. The van der Waals surface area contributed by atoms with Crippen LogP contribution in [0.3, 0.4) is 0 Å². The molecule has 6 heteroatoms. The molecule has 0 aliphatic carbocycles. The molecule has 14 heavy (non-hydrogen) atoms. The quantitative estimate of drug-likeness (QED) is 0.682. The largest absolute Gasteiger partial charge is 0.481 e. The lowest BCUT2D eigenvalue weighted by molar-refractivity contribution is -0.137. The molecule has 0 fully saturated rings. The molecule has 0 bridgehead atoms. The van der Waals surface area contributed by atoms with Crippen LogP contribution >= 0.6 is 35.6 Å². The van der Waals surface area contributed by atoms with E-state index in [-0.39, 0.29) is 18.8 Å². The second-order valence-electron chi connectivity index (χ2n) is 2.72. The lowest BCUT2D eigenvalue weighted by Crippen LogP contribution is -2.29. The Morgan fingerprint density at radius 1 is 1.14 bits per heavy atom. The molecule has 0 aromatic rings. The van der Waals surface area contributed by atoms with Gasteiger partial charge in [0, 0.05) is 31.3 Å². The molecule has 0 saturated heterocycles. The first-order valence-electron chi connectivity index (χ1n) is 4.26. The summed E-state index contributed by atoms with van der Waals surface area (Å²) in [4.78, 5) is 12.3. The van der Waals surface area contributed by atoms with E-state index in [0.29, 0.717) is 18.2 Å². The average Bonchev–Trinajstić information content (AvgIpc) is 2.04. The summed E-state index contributed by atoms with van der Waals surface area (Å²) in [6.45, 7) is 2.30. The monoisotopic (exact) mass is 263 g/mol. The van der Waals surface area contributed by atoms with E-state index >= 15 is 0 Å². The van der Waals surface area contributed by atoms with Gasteiger partial charge in [-0.2, -0.15) is 0 Å². The summed E-state index contributed by atoms with van der Waals surface area (Å²) in [6.07, 6.45) is 0.865. The van der Waals surface area contributed by atoms with Gasteiger partial charge >= 0.3 is 5.97 Å². The van der Waals surface area contributed by atoms with Crippen molar-refractivity contribution < 1.29 is 9.90 Å². The molecule has 86 valence electrons. The van der Waals surface area contributed by atoms with Crippen LogP contribution in [0.2, 0.25) is 0 Å². The minimum atomic E-state index is -0.753. The third-order valence-electron chi connectivity index (χ3n) is 1.67. The van der Waals surface area contributed by atoms with Crippen LogP contribution in [0.25, 0.3) is 0 Å². The van der Waals surface area contributed by atoms with Gasteiger partial charge < -0.3 is 10.0 Å². The normalized spacial score (nSPS) is 9.93. The molecule has 0 amide bonds. The van der Waals surface area contributed by atoms with Crippen molar-refractivity contribution in [3.63, 3.8) is 0 Å². The van der Waals surface area contributed by atoms with E-state index in [1.54, 1.807) is 0 Å². The number of carboxylic acid groups (broad SMARTS) is 1. The Kier molecular flexibility index (Phi) is 13.6. The van der Waals surface area contributed by atoms with Crippen LogP contribution in [-0.2, 0) is 4.79 Å². The topological polar surface area (TPSA) is 40.5 Å². The van der Waals surface area contributed by atoms with Gasteiger partial charge in [-0.3, -0.25) is 4.79 Å². The molecule has 1 N–H and O–H groups in total. The second kappa shape index (κ2) is 11.4. The van der Waals surface area contributed by atoms with Crippen molar-refractivity contribution in [3.8, 4) is 0 Å². The second-order valence-corrected chi connectivity index (χ2v) is 3.47. The van der Waals surface area contributed by atoms with E-state index in [2.05, 4.69) is 4.90 Å². The maximum atomic E-state index is 10.2. The zero-order chi connectivity index (χ0) is 10.1. The number of hydrogen-bond donors (Lipinski definition) is 1. The molecule has 0 atom stereocenters. The standard InChI is InChI=1S/C8H15Cl2NO2.ClH/c9-3-6-11(7-4-10)5-1-2-8(12)13;/h1-7H2,(H,12,13);1H. The van der Waals surface area contributed by atoms with Gasteiger partial charge in [-0.15, -0.1) is 35.6 Å².